The number of esters is 1. The molecule has 0 spiro atoms. The van der Waals surface area contributed by atoms with E-state index in [-0.39, 0.29) is 40.7 Å². The molecule has 0 bridgehead atoms. The highest BCUT2D eigenvalue weighted by Gasteiger charge is 2.65. The van der Waals surface area contributed by atoms with E-state index >= 15 is 0 Å². The molecule has 4 unspecified atom stereocenters. The summed E-state index contributed by atoms with van der Waals surface area (Å²) < 4.78 is 5.08. The summed E-state index contributed by atoms with van der Waals surface area (Å²) in [5, 5.41) is 10.4. The molecular weight excluding hydrogens is 364 g/mol. The van der Waals surface area contributed by atoms with Crippen molar-refractivity contribution in [2.24, 2.45) is 52.3 Å². The molecule has 10 atom stereocenters. The van der Waals surface area contributed by atoms with Crippen LogP contribution in [0.5, 0.6) is 0 Å². The first-order valence-electron chi connectivity index (χ1n) is 12.0. The van der Waals surface area contributed by atoms with Gasteiger partial charge in [0.2, 0.25) is 0 Å². The Bertz CT molecular complexity index is 674. The fraction of sp³-hybridized carbons (Fsp3) is 0.920. The van der Waals surface area contributed by atoms with Gasteiger partial charge in [-0.2, -0.15) is 0 Å². The van der Waals surface area contributed by atoms with Crippen LogP contribution in [0.2, 0.25) is 0 Å². The van der Waals surface area contributed by atoms with Gasteiger partial charge >= 0.3 is 5.97 Å². The summed E-state index contributed by atoms with van der Waals surface area (Å²) in [4.78, 5) is 26.2. The highest BCUT2D eigenvalue weighted by atomic mass is 16.5. The molecule has 0 amide bonds. The fourth-order valence-electron chi connectivity index (χ4n) is 8.85. The van der Waals surface area contributed by atoms with Gasteiger partial charge < -0.3 is 9.84 Å². The van der Waals surface area contributed by atoms with Gasteiger partial charge in [-0.05, 0) is 85.9 Å². The van der Waals surface area contributed by atoms with Crippen LogP contribution in [0.3, 0.4) is 0 Å². The molecule has 0 aliphatic heterocycles. The topological polar surface area (TPSA) is 63.6 Å². The molecule has 0 aromatic heterocycles. The van der Waals surface area contributed by atoms with Gasteiger partial charge in [-0.25, -0.2) is 0 Å². The Morgan fingerprint density at radius 1 is 1.10 bits per heavy atom. The first-order valence-corrected chi connectivity index (χ1v) is 12.0. The van der Waals surface area contributed by atoms with Crippen LogP contribution in [0.4, 0.5) is 0 Å². The van der Waals surface area contributed by atoms with Crippen molar-refractivity contribution in [2.75, 3.05) is 7.11 Å². The Balaban J connectivity index is 1.68. The second kappa shape index (κ2) is 7.35. The van der Waals surface area contributed by atoms with Crippen molar-refractivity contribution < 1.29 is 19.4 Å². The molecule has 0 aromatic rings. The second-order valence-electron chi connectivity index (χ2n) is 11.2. The highest BCUT2D eigenvalue weighted by Crippen LogP contribution is 2.68. The van der Waals surface area contributed by atoms with Gasteiger partial charge in [0.15, 0.2) is 0 Å². The quantitative estimate of drug-likeness (QED) is 0.697. The lowest BCUT2D eigenvalue weighted by atomic mass is 9.42. The van der Waals surface area contributed by atoms with E-state index in [1.807, 2.05) is 6.92 Å². The van der Waals surface area contributed by atoms with Crippen molar-refractivity contribution in [3.63, 3.8) is 0 Å². The van der Waals surface area contributed by atoms with Crippen LogP contribution in [-0.4, -0.2) is 30.1 Å². The van der Waals surface area contributed by atoms with Crippen molar-refractivity contribution in [1.29, 1.82) is 0 Å². The largest absolute Gasteiger partial charge is 0.469 e. The molecule has 4 saturated carbocycles. The van der Waals surface area contributed by atoms with Crippen molar-refractivity contribution in [1.82, 2.24) is 0 Å². The van der Waals surface area contributed by atoms with Gasteiger partial charge in [0.05, 0.1) is 19.1 Å². The molecule has 164 valence electrons. The first kappa shape index (κ1) is 21.3. The molecule has 4 nitrogen and oxygen atoms in total. The summed E-state index contributed by atoms with van der Waals surface area (Å²) in [6, 6.07) is 0. The van der Waals surface area contributed by atoms with Gasteiger partial charge in [-0.15, -0.1) is 0 Å². The average Bonchev–Trinajstić information content (AvgIpc) is 3.05. The molecule has 4 aliphatic rings. The average molecular weight is 405 g/mol. The number of hydrogen-bond acceptors (Lipinski definition) is 4. The maximum Gasteiger partial charge on any atom is 0.308 e. The zero-order valence-electron chi connectivity index (χ0n) is 18.9. The van der Waals surface area contributed by atoms with Crippen LogP contribution >= 0.6 is 0 Å². The lowest BCUT2D eigenvalue weighted by Gasteiger charge is -2.62. The normalized spacial score (nSPS) is 50.3. The Morgan fingerprint density at radius 3 is 2.41 bits per heavy atom. The number of carbonyl (C=O) groups excluding carboxylic acids is 2. The summed E-state index contributed by atoms with van der Waals surface area (Å²) >= 11 is 0. The summed E-state index contributed by atoms with van der Waals surface area (Å²) in [6.45, 7) is 8.97. The molecular formula is C25H40O4. The maximum absolute atomic E-state index is 13.9. The summed E-state index contributed by atoms with van der Waals surface area (Å²) in [6.07, 6.45) is 7.68. The van der Waals surface area contributed by atoms with E-state index in [0.29, 0.717) is 29.5 Å². The molecule has 29 heavy (non-hydrogen) atoms. The minimum atomic E-state index is -0.239. The Morgan fingerprint density at radius 2 is 1.76 bits per heavy atom. The number of Topliss-reactive ketones (excluding diaryl/α,β-unsaturated/α-hetero) is 1. The zero-order valence-corrected chi connectivity index (χ0v) is 18.9. The van der Waals surface area contributed by atoms with E-state index in [9.17, 15) is 14.7 Å². The second-order valence-corrected chi connectivity index (χ2v) is 11.2. The van der Waals surface area contributed by atoms with Crippen LogP contribution in [0.25, 0.3) is 0 Å². The number of methoxy groups -OCH3 is 1. The highest BCUT2D eigenvalue weighted by molar-refractivity contribution is 5.86. The van der Waals surface area contributed by atoms with E-state index < -0.39 is 0 Å². The first-order chi connectivity index (χ1) is 13.7. The lowest BCUT2D eigenvalue weighted by molar-refractivity contribution is -0.174. The van der Waals surface area contributed by atoms with Gasteiger partial charge in [-0.3, -0.25) is 9.59 Å². The minimum absolute atomic E-state index is 0.0557. The lowest BCUT2D eigenvalue weighted by Crippen LogP contribution is -2.60. The molecule has 4 heteroatoms. The Labute approximate surface area is 176 Å². The third-order valence-electron chi connectivity index (χ3n) is 10.4. The van der Waals surface area contributed by atoms with Gasteiger partial charge in [-0.1, -0.05) is 27.7 Å². The number of ether oxygens (including phenoxy) is 1. The fourth-order valence-corrected chi connectivity index (χ4v) is 8.85. The summed E-state index contributed by atoms with van der Waals surface area (Å²) in [7, 11) is 1.49. The van der Waals surface area contributed by atoms with Gasteiger partial charge in [0.25, 0.3) is 0 Å². The van der Waals surface area contributed by atoms with Crippen LogP contribution in [-0.2, 0) is 14.3 Å². The number of hydrogen-bond donors (Lipinski definition) is 1. The summed E-state index contributed by atoms with van der Waals surface area (Å²) in [5.74, 6) is 2.00. The van der Waals surface area contributed by atoms with Crippen molar-refractivity contribution in [2.45, 2.75) is 85.2 Å². The molecule has 0 aromatic carbocycles. The molecule has 0 radical (unpaired) electrons. The van der Waals surface area contributed by atoms with E-state index in [4.69, 9.17) is 4.74 Å². The maximum atomic E-state index is 13.9. The van der Waals surface area contributed by atoms with Crippen LogP contribution in [0, 0.1) is 52.3 Å². The third kappa shape index (κ3) is 2.95. The van der Waals surface area contributed by atoms with Crippen molar-refractivity contribution in [3.8, 4) is 0 Å². The zero-order chi connectivity index (χ0) is 21.1. The van der Waals surface area contributed by atoms with Crippen molar-refractivity contribution >= 4 is 11.8 Å². The van der Waals surface area contributed by atoms with E-state index in [1.165, 1.54) is 7.11 Å². The predicted octanol–water partition coefficient (Wildman–Crippen LogP) is 4.63. The minimum Gasteiger partial charge on any atom is -0.469 e. The summed E-state index contributed by atoms with van der Waals surface area (Å²) in [5.41, 5.74) is 0.228. The van der Waals surface area contributed by atoms with Crippen LogP contribution in [0.15, 0.2) is 0 Å². The van der Waals surface area contributed by atoms with E-state index in [2.05, 4.69) is 20.8 Å². The van der Waals surface area contributed by atoms with E-state index in [0.717, 1.165) is 51.4 Å². The number of carbonyl (C=O) groups is 2. The molecule has 4 fully saturated rings. The molecule has 1 N–H and O–H groups in total. The number of fused-ring (bicyclic) bond motifs is 5. The number of aliphatic hydroxyl groups is 1. The molecule has 4 aliphatic carbocycles. The predicted molar refractivity (Wildman–Crippen MR) is 112 cm³/mol. The smallest absolute Gasteiger partial charge is 0.308 e. The number of rotatable bonds is 3. The molecule has 4 rings (SSSR count). The standard InChI is InChI=1S/C25H40O4/c1-6-16-20-13-15(26)9-11-25(20,4)19-10-12-24(3)17(14(2)23(28)29-5)7-8-18(24)21(19)22(16)27/h14-21,26H,6-13H2,1-5H3/t14-,15+,16-,17?,18-,19-,20?,21-,24?,25?/m0/s1. The molecule has 0 saturated heterocycles. The van der Waals surface area contributed by atoms with Gasteiger partial charge in [0.1, 0.15) is 5.78 Å². The third-order valence-corrected chi connectivity index (χ3v) is 10.4. The monoisotopic (exact) mass is 404 g/mol. The van der Waals surface area contributed by atoms with Crippen molar-refractivity contribution in [3.05, 3.63) is 0 Å². The van der Waals surface area contributed by atoms with Gasteiger partial charge in [0, 0.05) is 11.8 Å². The number of aliphatic hydroxyl groups excluding tert-OH is 1. The van der Waals surface area contributed by atoms with Crippen LogP contribution in [0.1, 0.15) is 79.1 Å². The van der Waals surface area contributed by atoms with Crippen LogP contribution < -0.4 is 0 Å². The Kier molecular flexibility index (Phi) is 5.41. The molecule has 0 heterocycles. The number of ketones is 1. The Hall–Kier alpha value is -0.900. The SMILES string of the molecule is CC[C@@H]1C(=O)[C@H]2[C@@H]3CCC([C@H](C)C(=O)OC)C3(C)CC[C@@H]2C2(C)CC[C@@H](O)CC12. The van der Waals surface area contributed by atoms with E-state index in [1.54, 1.807) is 0 Å².